The second-order valence-electron chi connectivity index (χ2n) is 2.56. The number of nitrogen functional groups attached to an aromatic ring is 1. The van der Waals surface area contributed by atoms with Gasteiger partial charge in [0.05, 0.1) is 6.61 Å². The maximum atomic E-state index is 11.1. The summed E-state index contributed by atoms with van der Waals surface area (Å²) >= 11 is 0. The summed E-state index contributed by atoms with van der Waals surface area (Å²) in [6.07, 6.45) is 0. The van der Waals surface area contributed by atoms with Gasteiger partial charge in [-0.2, -0.15) is 4.98 Å². The number of hydrogen-bond acceptors (Lipinski definition) is 5. The van der Waals surface area contributed by atoms with Crippen LogP contribution in [0.3, 0.4) is 0 Å². The van der Waals surface area contributed by atoms with Crippen molar-refractivity contribution in [3.63, 3.8) is 0 Å². The van der Waals surface area contributed by atoms with E-state index in [4.69, 9.17) is 10.8 Å². The third-order valence-corrected chi connectivity index (χ3v) is 1.58. The van der Waals surface area contributed by atoms with E-state index in [1.807, 2.05) is 0 Å². The Morgan fingerprint density at radius 2 is 2.46 bits per heavy atom. The molecule has 0 bridgehead atoms. The molecule has 4 N–H and O–H groups in total. The number of nitrogens with one attached hydrogen (secondary N) is 1. The smallest absolute Gasteiger partial charge is 0.350 e. The van der Waals surface area contributed by atoms with Crippen LogP contribution >= 0.6 is 0 Å². The summed E-state index contributed by atoms with van der Waals surface area (Å²) in [6.45, 7) is 0.368. The Morgan fingerprint density at radius 1 is 1.77 bits per heavy atom. The van der Waals surface area contributed by atoms with Crippen molar-refractivity contribution < 1.29 is 5.11 Å². The summed E-state index contributed by atoms with van der Waals surface area (Å²) in [5.74, 6) is 0.718. The van der Waals surface area contributed by atoms with Gasteiger partial charge in [-0.25, -0.2) is 4.79 Å². The lowest BCUT2D eigenvalue weighted by Gasteiger charge is -2.08. The summed E-state index contributed by atoms with van der Waals surface area (Å²) in [5, 5.41) is 11.4. The third-order valence-electron chi connectivity index (χ3n) is 1.58. The maximum Gasteiger partial charge on any atom is 0.350 e. The minimum absolute atomic E-state index is 0.00355. The molecule has 0 aliphatic rings. The summed E-state index contributed by atoms with van der Waals surface area (Å²) in [6, 6.07) is 1.54. The zero-order chi connectivity index (χ0) is 9.84. The summed E-state index contributed by atoms with van der Waals surface area (Å²) in [4.78, 5) is 14.6. The molecule has 1 heterocycles. The third kappa shape index (κ3) is 2.19. The normalized spacial score (nSPS) is 10.0. The molecule has 13 heavy (non-hydrogen) atoms. The van der Waals surface area contributed by atoms with E-state index in [1.54, 1.807) is 7.05 Å². The zero-order valence-electron chi connectivity index (χ0n) is 7.32. The number of anilines is 2. The van der Waals surface area contributed by atoms with Gasteiger partial charge >= 0.3 is 5.69 Å². The highest BCUT2D eigenvalue weighted by Gasteiger charge is 2.01. The highest BCUT2D eigenvalue weighted by atomic mass is 16.3. The molecule has 72 valence electrons. The second kappa shape index (κ2) is 3.90. The van der Waals surface area contributed by atoms with E-state index < -0.39 is 5.69 Å². The molecule has 6 nitrogen and oxygen atoms in total. The average Bonchev–Trinajstić information content (AvgIpc) is 2.09. The number of aliphatic hydroxyl groups is 1. The lowest BCUT2D eigenvalue weighted by molar-refractivity contribution is 0.310. The van der Waals surface area contributed by atoms with Crippen LogP contribution < -0.4 is 16.7 Å². The monoisotopic (exact) mass is 184 g/mol. The molecular weight excluding hydrogens is 172 g/mol. The van der Waals surface area contributed by atoms with Crippen LogP contribution in [0.15, 0.2) is 10.9 Å². The summed E-state index contributed by atoms with van der Waals surface area (Å²) < 4.78 is 1.33. The molecule has 1 aromatic rings. The Hall–Kier alpha value is -1.56. The second-order valence-corrected chi connectivity index (χ2v) is 2.56. The number of aromatic nitrogens is 2. The van der Waals surface area contributed by atoms with E-state index in [0.717, 1.165) is 0 Å². The zero-order valence-corrected chi connectivity index (χ0v) is 7.32. The number of nitrogens with two attached hydrogens (primary N) is 1. The molecule has 0 saturated heterocycles. The molecule has 0 amide bonds. The Morgan fingerprint density at radius 3 is 3.08 bits per heavy atom. The molecule has 0 spiro atoms. The fraction of sp³-hybridized carbons (Fsp3) is 0.429. The highest BCUT2D eigenvalue weighted by molar-refractivity contribution is 5.44. The first-order valence-corrected chi connectivity index (χ1v) is 3.83. The minimum Gasteiger partial charge on any atom is -0.395 e. The van der Waals surface area contributed by atoms with Crippen LogP contribution in [-0.4, -0.2) is 27.8 Å². The average molecular weight is 184 g/mol. The lowest BCUT2D eigenvalue weighted by atomic mass is 10.5. The van der Waals surface area contributed by atoms with Crippen molar-refractivity contribution in [2.45, 2.75) is 0 Å². The van der Waals surface area contributed by atoms with Crippen LogP contribution in [0.2, 0.25) is 0 Å². The van der Waals surface area contributed by atoms with Crippen LogP contribution in [-0.2, 0) is 7.05 Å². The van der Waals surface area contributed by atoms with Gasteiger partial charge in [0.1, 0.15) is 11.6 Å². The Balaban J connectivity index is 2.99. The molecule has 0 radical (unpaired) electrons. The standard InChI is InChI=1S/C7H12N4O2/c1-11-6(9-2-3-12)4-5(8)10-7(11)13/h4,9,12H,2-3H2,1H3,(H2,8,10,13). The predicted octanol–water partition coefficient (Wildman–Crippen LogP) is -1.23. The van der Waals surface area contributed by atoms with Crippen LogP contribution in [0.4, 0.5) is 11.6 Å². The summed E-state index contributed by atoms with van der Waals surface area (Å²) in [5.41, 5.74) is 4.96. The Bertz CT molecular complexity index is 347. The molecule has 1 aromatic heterocycles. The largest absolute Gasteiger partial charge is 0.395 e. The van der Waals surface area contributed by atoms with E-state index in [-0.39, 0.29) is 12.4 Å². The van der Waals surface area contributed by atoms with Gasteiger partial charge < -0.3 is 16.2 Å². The van der Waals surface area contributed by atoms with Crippen LogP contribution in [0.25, 0.3) is 0 Å². The number of nitrogens with zero attached hydrogens (tertiary/aromatic N) is 2. The lowest BCUT2D eigenvalue weighted by Crippen LogP contribution is -2.24. The number of hydrogen-bond donors (Lipinski definition) is 3. The van der Waals surface area contributed by atoms with Crippen molar-refractivity contribution in [3.8, 4) is 0 Å². The molecule has 6 heteroatoms. The van der Waals surface area contributed by atoms with E-state index in [9.17, 15) is 4.79 Å². The van der Waals surface area contributed by atoms with Gasteiger partial charge in [0.25, 0.3) is 0 Å². The topological polar surface area (TPSA) is 93.2 Å². The summed E-state index contributed by atoms with van der Waals surface area (Å²) in [7, 11) is 1.58. The van der Waals surface area contributed by atoms with Gasteiger partial charge in [0, 0.05) is 19.7 Å². The van der Waals surface area contributed by atoms with Gasteiger partial charge in [-0.05, 0) is 0 Å². The molecule has 0 aromatic carbocycles. The van der Waals surface area contributed by atoms with Crippen molar-refractivity contribution in [1.29, 1.82) is 0 Å². The van der Waals surface area contributed by atoms with Gasteiger partial charge in [-0.3, -0.25) is 4.57 Å². The van der Waals surface area contributed by atoms with Crippen LogP contribution in [0.1, 0.15) is 0 Å². The molecule has 0 atom stereocenters. The van der Waals surface area contributed by atoms with Crippen molar-refractivity contribution in [1.82, 2.24) is 9.55 Å². The molecule has 0 aliphatic heterocycles. The first-order valence-electron chi connectivity index (χ1n) is 3.83. The van der Waals surface area contributed by atoms with Crippen molar-refractivity contribution in [2.24, 2.45) is 7.05 Å². The van der Waals surface area contributed by atoms with E-state index >= 15 is 0 Å². The molecule has 0 saturated carbocycles. The first kappa shape index (κ1) is 9.53. The minimum atomic E-state index is -0.416. The Labute approximate surface area is 75.0 Å². The quantitative estimate of drug-likeness (QED) is 0.546. The van der Waals surface area contributed by atoms with E-state index in [1.165, 1.54) is 10.6 Å². The maximum absolute atomic E-state index is 11.1. The van der Waals surface area contributed by atoms with Gasteiger partial charge in [-0.1, -0.05) is 0 Å². The van der Waals surface area contributed by atoms with E-state index in [2.05, 4.69) is 10.3 Å². The first-order chi connectivity index (χ1) is 6.15. The molecule has 0 fully saturated rings. The van der Waals surface area contributed by atoms with E-state index in [0.29, 0.717) is 12.4 Å². The number of rotatable bonds is 3. The van der Waals surface area contributed by atoms with Crippen LogP contribution in [0.5, 0.6) is 0 Å². The van der Waals surface area contributed by atoms with Gasteiger partial charge in [0.2, 0.25) is 0 Å². The number of aliphatic hydroxyl groups excluding tert-OH is 1. The van der Waals surface area contributed by atoms with Crippen molar-refractivity contribution >= 4 is 11.6 Å². The highest BCUT2D eigenvalue weighted by Crippen LogP contribution is 2.04. The molecule has 0 unspecified atom stereocenters. The van der Waals surface area contributed by atoms with Gasteiger partial charge in [-0.15, -0.1) is 0 Å². The van der Waals surface area contributed by atoms with Gasteiger partial charge in [0.15, 0.2) is 0 Å². The predicted molar refractivity (Wildman–Crippen MR) is 49.5 cm³/mol. The molecule has 0 aliphatic carbocycles. The fourth-order valence-electron chi connectivity index (χ4n) is 0.911. The van der Waals surface area contributed by atoms with Crippen molar-refractivity contribution in [3.05, 3.63) is 16.6 Å². The SMILES string of the molecule is Cn1c(NCCO)cc(N)nc1=O. The molecule has 1 rings (SSSR count). The van der Waals surface area contributed by atoms with Crippen LogP contribution in [0, 0.1) is 0 Å². The Kier molecular flexibility index (Phi) is 2.86. The van der Waals surface area contributed by atoms with Crippen molar-refractivity contribution in [2.75, 3.05) is 24.2 Å². The molecular formula is C7H12N4O2. The fourth-order valence-corrected chi connectivity index (χ4v) is 0.911.